The minimum Gasteiger partial charge on any atom is -1.00 e. The summed E-state index contributed by atoms with van der Waals surface area (Å²) in [6, 6.07) is 5.84. The quantitative estimate of drug-likeness (QED) is 0.455. The average molecular weight is 342 g/mol. The molecule has 9 nitrogen and oxygen atoms in total. The minimum atomic E-state index is -0.393. The number of halogens is 1. The molecule has 0 radical (unpaired) electrons. The normalized spacial score (nSPS) is 11.8. The number of aromatic nitrogens is 2. The second-order valence-electron chi connectivity index (χ2n) is 4.72. The molecular weight excluding hydrogens is 326 g/mol. The highest BCUT2D eigenvalue weighted by Gasteiger charge is 2.15. The van der Waals surface area contributed by atoms with Gasteiger partial charge in [-0.25, -0.2) is 4.63 Å². The number of nitrogens with zero attached hydrogens (tertiary/aromatic N) is 2. The number of rotatable bonds is 6. The molecule has 0 bridgehead atoms. The van der Waals surface area contributed by atoms with E-state index in [9.17, 15) is 4.79 Å². The minimum absolute atomic E-state index is 0. The summed E-state index contributed by atoms with van der Waals surface area (Å²) in [5.74, 6) is 1.14. The van der Waals surface area contributed by atoms with Crippen molar-refractivity contribution in [1.29, 1.82) is 0 Å². The molecule has 3 rings (SSSR count). The van der Waals surface area contributed by atoms with E-state index in [4.69, 9.17) is 15.2 Å². The van der Waals surface area contributed by atoms with E-state index in [0.29, 0.717) is 13.1 Å². The fourth-order valence-electron chi connectivity index (χ4n) is 2.06. The maximum Gasteiger partial charge on any atom is 0.277 e. The standard InChI is InChI=1S/C13H15N5O4.ClH/c14-12-11(17-22-18-12)13(19)16-4-3-15-6-8-1-2-9-10(5-8)21-7-20-9;/h1-2,5,15H,3-4,6-7H2,(H2,14,18)(H,16,19);1H. The van der Waals surface area contributed by atoms with E-state index in [1.807, 2.05) is 18.2 Å². The summed E-state index contributed by atoms with van der Waals surface area (Å²) < 4.78 is 15.0. The number of benzene rings is 1. The van der Waals surface area contributed by atoms with Crippen LogP contribution in [0.25, 0.3) is 0 Å². The van der Waals surface area contributed by atoms with Gasteiger partial charge in [0.1, 0.15) is 6.54 Å². The lowest BCUT2D eigenvalue weighted by Gasteiger charge is -2.04. The van der Waals surface area contributed by atoms with Gasteiger partial charge in [0.05, 0.1) is 13.1 Å². The Hall–Kier alpha value is -2.52. The number of carbonyl (C=O) groups is 1. The topological polar surface area (TPSA) is 129 Å². The SMILES string of the molecule is Nc1nonc1C(=O)NCC[NH2+]Cc1ccc2c(c1)OCO2.[Cl-]. The lowest BCUT2D eigenvalue weighted by Crippen LogP contribution is -3.00. The largest absolute Gasteiger partial charge is 1.00 e. The molecule has 1 aromatic heterocycles. The molecule has 5 N–H and O–H groups in total. The monoisotopic (exact) mass is 341 g/mol. The Morgan fingerprint density at radius 2 is 2.13 bits per heavy atom. The molecular formula is C13H16ClN5O4. The molecule has 2 aromatic rings. The van der Waals surface area contributed by atoms with E-state index in [0.717, 1.165) is 23.6 Å². The number of nitrogens with two attached hydrogens (primary N) is 2. The van der Waals surface area contributed by atoms with Crippen molar-refractivity contribution in [3.8, 4) is 11.5 Å². The zero-order chi connectivity index (χ0) is 15.4. The van der Waals surface area contributed by atoms with Crippen LogP contribution in [-0.4, -0.2) is 36.1 Å². The Kier molecular flexibility index (Phi) is 5.61. The van der Waals surface area contributed by atoms with Gasteiger partial charge in [0.25, 0.3) is 5.91 Å². The summed E-state index contributed by atoms with van der Waals surface area (Å²) >= 11 is 0. The third-order valence-corrected chi connectivity index (χ3v) is 3.18. The molecule has 0 spiro atoms. The van der Waals surface area contributed by atoms with Crippen molar-refractivity contribution in [3.63, 3.8) is 0 Å². The Bertz CT molecular complexity index is 678. The van der Waals surface area contributed by atoms with Gasteiger partial charge in [0.15, 0.2) is 11.5 Å². The van der Waals surface area contributed by atoms with Crippen molar-refractivity contribution >= 4 is 11.7 Å². The number of hydrogen-bond donors (Lipinski definition) is 3. The highest BCUT2D eigenvalue weighted by molar-refractivity contribution is 5.95. The lowest BCUT2D eigenvalue weighted by molar-refractivity contribution is -0.668. The van der Waals surface area contributed by atoms with Crippen LogP contribution < -0.4 is 38.2 Å². The molecule has 1 aliphatic heterocycles. The zero-order valence-electron chi connectivity index (χ0n) is 12.1. The Morgan fingerprint density at radius 1 is 1.30 bits per heavy atom. The molecule has 1 aromatic carbocycles. The molecule has 10 heteroatoms. The first-order chi connectivity index (χ1) is 10.7. The van der Waals surface area contributed by atoms with Crippen LogP contribution in [0.15, 0.2) is 22.8 Å². The van der Waals surface area contributed by atoms with Gasteiger partial charge >= 0.3 is 0 Å². The van der Waals surface area contributed by atoms with Crippen LogP contribution in [0.1, 0.15) is 16.1 Å². The summed E-state index contributed by atoms with van der Waals surface area (Å²) in [6.07, 6.45) is 0. The molecule has 23 heavy (non-hydrogen) atoms. The fourth-order valence-corrected chi connectivity index (χ4v) is 2.06. The lowest BCUT2D eigenvalue weighted by atomic mass is 10.2. The number of ether oxygens (including phenoxy) is 2. The number of quaternary nitrogens is 1. The molecule has 1 amide bonds. The van der Waals surface area contributed by atoms with Crippen LogP contribution in [0.2, 0.25) is 0 Å². The molecule has 0 saturated heterocycles. The second-order valence-corrected chi connectivity index (χ2v) is 4.72. The summed E-state index contributed by atoms with van der Waals surface area (Å²) in [5.41, 5.74) is 6.57. The zero-order valence-corrected chi connectivity index (χ0v) is 12.9. The van der Waals surface area contributed by atoms with Gasteiger partial charge in [-0.1, -0.05) is 0 Å². The molecule has 1 aliphatic rings. The molecule has 0 saturated carbocycles. The van der Waals surface area contributed by atoms with Crippen molar-refractivity contribution < 1.29 is 36.6 Å². The van der Waals surface area contributed by atoms with Crippen molar-refractivity contribution in [3.05, 3.63) is 29.5 Å². The van der Waals surface area contributed by atoms with Gasteiger partial charge in [0.2, 0.25) is 18.3 Å². The van der Waals surface area contributed by atoms with Crippen molar-refractivity contribution in [1.82, 2.24) is 15.6 Å². The highest BCUT2D eigenvalue weighted by atomic mass is 35.5. The number of anilines is 1. The molecule has 0 atom stereocenters. The first kappa shape index (κ1) is 16.8. The Morgan fingerprint density at radius 3 is 2.91 bits per heavy atom. The van der Waals surface area contributed by atoms with Crippen LogP contribution in [0.4, 0.5) is 5.82 Å². The third-order valence-electron chi connectivity index (χ3n) is 3.18. The molecule has 0 aliphatic carbocycles. The van der Waals surface area contributed by atoms with Gasteiger partial charge in [-0.2, -0.15) is 0 Å². The predicted octanol–water partition coefficient (Wildman–Crippen LogP) is -4.12. The van der Waals surface area contributed by atoms with Crippen molar-refractivity contribution in [2.75, 3.05) is 25.6 Å². The number of carbonyl (C=O) groups excluding carboxylic acids is 1. The number of nitrogen functional groups attached to an aromatic ring is 1. The van der Waals surface area contributed by atoms with Crippen LogP contribution in [0.3, 0.4) is 0 Å². The first-order valence-electron chi connectivity index (χ1n) is 6.80. The molecule has 124 valence electrons. The number of fused-ring (bicyclic) bond motifs is 1. The number of hydrogen-bond acceptors (Lipinski definition) is 7. The summed E-state index contributed by atoms with van der Waals surface area (Å²) in [4.78, 5) is 11.7. The van der Waals surface area contributed by atoms with Gasteiger partial charge < -0.3 is 38.2 Å². The van der Waals surface area contributed by atoms with Crippen LogP contribution >= 0.6 is 0 Å². The summed E-state index contributed by atoms with van der Waals surface area (Å²) in [6.45, 7) is 2.25. The average Bonchev–Trinajstić information content (AvgIpc) is 3.14. The van der Waals surface area contributed by atoms with Crippen molar-refractivity contribution in [2.45, 2.75) is 6.54 Å². The van der Waals surface area contributed by atoms with Crippen LogP contribution in [0.5, 0.6) is 11.5 Å². The second kappa shape index (κ2) is 7.65. The Labute approximate surface area is 137 Å². The van der Waals surface area contributed by atoms with Gasteiger partial charge in [-0.3, -0.25) is 4.79 Å². The number of nitrogens with one attached hydrogen (secondary N) is 1. The Balaban J connectivity index is 0.00000192. The van der Waals surface area contributed by atoms with Crippen LogP contribution in [-0.2, 0) is 6.54 Å². The van der Waals surface area contributed by atoms with E-state index in [-0.39, 0.29) is 30.7 Å². The predicted molar refractivity (Wildman–Crippen MR) is 74.1 cm³/mol. The molecule has 2 heterocycles. The fraction of sp³-hybridized carbons (Fsp3) is 0.308. The smallest absolute Gasteiger partial charge is 0.277 e. The maximum absolute atomic E-state index is 11.7. The highest BCUT2D eigenvalue weighted by Crippen LogP contribution is 2.32. The maximum atomic E-state index is 11.7. The van der Waals surface area contributed by atoms with Gasteiger partial charge in [-0.15, -0.1) is 0 Å². The van der Waals surface area contributed by atoms with Crippen molar-refractivity contribution in [2.24, 2.45) is 0 Å². The van der Waals surface area contributed by atoms with Gasteiger partial charge in [0, 0.05) is 5.56 Å². The third kappa shape index (κ3) is 4.02. The summed E-state index contributed by atoms with van der Waals surface area (Å²) in [7, 11) is 0. The van der Waals surface area contributed by atoms with Gasteiger partial charge in [-0.05, 0) is 28.5 Å². The molecule has 0 fully saturated rings. The summed E-state index contributed by atoms with van der Waals surface area (Å²) in [5, 5.41) is 11.6. The van der Waals surface area contributed by atoms with E-state index in [1.54, 1.807) is 0 Å². The first-order valence-corrected chi connectivity index (χ1v) is 6.80. The van der Waals surface area contributed by atoms with E-state index >= 15 is 0 Å². The number of amides is 1. The van der Waals surface area contributed by atoms with E-state index in [2.05, 4.69) is 25.6 Å². The van der Waals surface area contributed by atoms with E-state index < -0.39 is 5.91 Å². The van der Waals surface area contributed by atoms with E-state index in [1.165, 1.54) is 0 Å². The van der Waals surface area contributed by atoms with Crippen LogP contribution in [0, 0.1) is 0 Å². The molecule has 0 unspecified atom stereocenters.